The lowest BCUT2D eigenvalue weighted by atomic mass is 10.2. The van der Waals surface area contributed by atoms with E-state index in [4.69, 9.17) is 9.47 Å². The molecule has 4 nitrogen and oxygen atoms in total. The zero-order valence-corrected chi connectivity index (χ0v) is 14.7. The van der Waals surface area contributed by atoms with E-state index in [0.29, 0.717) is 12.1 Å². The third-order valence-corrected chi connectivity index (χ3v) is 3.50. The number of nitrogens with one attached hydrogen (secondary N) is 1. The van der Waals surface area contributed by atoms with E-state index in [0.717, 1.165) is 17.1 Å². The van der Waals surface area contributed by atoms with Crippen LogP contribution in [0, 0.1) is 6.92 Å². The number of para-hydroxylation sites is 1. The Morgan fingerprint density at radius 2 is 1.83 bits per heavy atom. The average molecular weight is 327 g/mol. The van der Waals surface area contributed by atoms with E-state index in [1.165, 1.54) is 0 Å². The minimum atomic E-state index is -0.541. The molecule has 0 aliphatic rings. The van der Waals surface area contributed by atoms with Crippen LogP contribution in [0.2, 0.25) is 0 Å². The molecule has 2 aromatic carbocycles. The van der Waals surface area contributed by atoms with Gasteiger partial charge in [0, 0.05) is 11.8 Å². The van der Waals surface area contributed by atoms with Crippen LogP contribution in [0.1, 0.15) is 32.8 Å². The fourth-order valence-corrected chi connectivity index (χ4v) is 2.31. The summed E-state index contributed by atoms with van der Waals surface area (Å²) in [6.45, 7) is 7.83. The number of ether oxygens (including phenoxy) is 2. The lowest BCUT2D eigenvalue weighted by Crippen LogP contribution is -2.32. The van der Waals surface area contributed by atoms with E-state index >= 15 is 0 Å². The van der Waals surface area contributed by atoms with Gasteiger partial charge in [-0.2, -0.15) is 0 Å². The second-order valence-electron chi connectivity index (χ2n) is 5.96. The van der Waals surface area contributed by atoms with E-state index in [1.54, 1.807) is 0 Å². The first-order valence-electron chi connectivity index (χ1n) is 8.29. The number of rotatable bonds is 7. The number of benzene rings is 2. The van der Waals surface area contributed by atoms with Gasteiger partial charge in [0.2, 0.25) is 0 Å². The lowest BCUT2D eigenvalue weighted by Gasteiger charge is -2.19. The molecule has 0 radical (unpaired) electrons. The van der Waals surface area contributed by atoms with Crippen molar-refractivity contribution in [3.63, 3.8) is 0 Å². The predicted molar refractivity (Wildman–Crippen MR) is 96.7 cm³/mol. The van der Waals surface area contributed by atoms with Gasteiger partial charge >= 0.3 is 0 Å². The molecule has 0 aliphatic carbocycles. The Kier molecular flexibility index (Phi) is 6.24. The molecule has 0 bridgehead atoms. The zero-order valence-electron chi connectivity index (χ0n) is 14.7. The number of aryl methyl sites for hydroxylation is 1. The highest BCUT2D eigenvalue weighted by molar-refractivity contribution is 5.94. The molecule has 0 aromatic heterocycles. The van der Waals surface area contributed by atoms with Gasteiger partial charge in [0.15, 0.2) is 6.10 Å². The van der Waals surface area contributed by atoms with Crippen molar-refractivity contribution >= 4 is 11.6 Å². The SMILES string of the molecule is CC[C@H](Oc1ccccc1C)C(=O)Nc1cccc(OC(C)C)c1. The Morgan fingerprint density at radius 3 is 2.50 bits per heavy atom. The molecule has 0 saturated carbocycles. The van der Waals surface area contributed by atoms with Crippen molar-refractivity contribution in [1.82, 2.24) is 0 Å². The van der Waals surface area contributed by atoms with Crippen LogP contribution < -0.4 is 14.8 Å². The molecule has 24 heavy (non-hydrogen) atoms. The number of hydrogen-bond acceptors (Lipinski definition) is 3. The summed E-state index contributed by atoms with van der Waals surface area (Å²) < 4.78 is 11.5. The van der Waals surface area contributed by atoms with Crippen LogP contribution in [0.3, 0.4) is 0 Å². The van der Waals surface area contributed by atoms with Crippen LogP contribution in [0.5, 0.6) is 11.5 Å². The number of carbonyl (C=O) groups excluding carboxylic acids is 1. The number of hydrogen-bond donors (Lipinski definition) is 1. The predicted octanol–water partition coefficient (Wildman–Crippen LogP) is 4.58. The van der Waals surface area contributed by atoms with Crippen molar-refractivity contribution in [1.29, 1.82) is 0 Å². The molecular weight excluding hydrogens is 302 g/mol. The molecular formula is C20H25NO3. The zero-order chi connectivity index (χ0) is 17.5. The Bertz CT molecular complexity index is 682. The van der Waals surface area contributed by atoms with Gasteiger partial charge < -0.3 is 14.8 Å². The van der Waals surface area contributed by atoms with Crippen molar-refractivity contribution in [3.05, 3.63) is 54.1 Å². The van der Waals surface area contributed by atoms with Gasteiger partial charge in [-0.3, -0.25) is 4.79 Å². The summed E-state index contributed by atoms with van der Waals surface area (Å²) in [4.78, 5) is 12.5. The van der Waals surface area contributed by atoms with Crippen LogP contribution in [-0.4, -0.2) is 18.1 Å². The fraction of sp³-hybridized carbons (Fsp3) is 0.350. The van der Waals surface area contributed by atoms with E-state index < -0.39 is 6.10 Å². The topological polar surface area (TPSA) is 47.6 Å². The van der Waals surface area contributed by atoms with Crippen molar-refractivity contribution in [2.75, 3.05) is 5.32 Å². The molecule has 128 valence electrons. The Hall–Kier alpha value is -2.49. The molecule has 4 heteroatoms. The highest BCUT2D eigenvalue weighted by Gasteiger charge is 2.19. The number of anilines is 1. The van der Waals surface area contributed by atoms with E-state index in [2.05, 4.69) is 5.32 Å². The summed E-state index contributed by atoms with van der Waals surface area (Å²) >= 11 is 0. The van der Waals surface area contributed by atoms with Gasteiger partial charge in [-0.15, -0.1) is 0 Å². The second-order valence-corrected chi connectivity index (χ2v) is 5.96. The highest BCUT2D eigenvalue weighted by atomic mass is 16.5. The summed E-state index contributed by atoms with van der Waals surface area (Å²) in [6, 6.07) is 15.1. The maximum atomic E-state index is 12.5. The minimum Gasteiger partial charge on any atom is -0.491 e. The molecule has 0 unspecified atom stereocenters. The minimum absolute atomic E-state index is 0.0868. The molecule has 0 heterocycles. The third-order valence-electron chi connectivity index (χ3n) is 3.50. The van der Waals surface area contributed by atoms with Gasteiger partial charge in [-0.1, -0.05) is 31.2 Å². The summed E-state index contributed by atoms with van der Waals surface area (Å²) in [5, 5.41) is 2.90. The summed E-state index contributed by atoms with van der Waals surface area (Å²) in [7, 11) is 0. The van der Waals surface area contributed by atoms with Crippen LogP contribution in [0.25, 0.3) is 0 Å². The first kappa shape index (κ1) is 17.9. The van der Waals surface area contributed by atoms with Crippen molar-refractivity contribution in [2.24, 2.45) is 0 Å². The van der Waals surface area contributed by atoms with Gasteiger partial charge in [0.25, 0.3) is 5.91 Å². The first-order chi connectivity index (χ1) is 11.5. The molecule has 0 spiro atoms. The molecule has 0 aliphatic heterocycles. The third kappa shape index (κ3) is 5.01. The largest absolute Gasteiger partial charge is 0.491 e. The standard InChI is InChI=1S/C20H25NO3/c1-5-18(24-19-12-7-6-9-15(19)4)20(22)21-16-10-8-11-17(13-16)23-14(2)3/h6-14,18H,5H2,1-4H3,(H,21,22)/t18-/m0/s1. The number of carbonyl (C=O) groups is 1. The molecule has 1 amide bonds. The molecule has 1 N–H and O–H groups in total. The Labute approximate surface area is 143 Å². The summed E-state index contributed by atoms with van der Waals surface area (Å²) in [5.41, 5.74) is 1.71. The molecule has 2 rings (SSSR count). The van der Waals surface area contributed by atoms with Crippen LogP contribution >= 0.6 is 0 Å². The maximum Gasteiger partial charge on any atom is 0.265 e. The van der Waals surface area contributed by atoms with Crippen molar-refractivity contribution in [3.8, 4) is 11.5 Å². The fourth-order valence-electron chi connectivity index (χ4n) is 2.31. The van der Waals surface area contributed by atoms with Gasteiger partial charge in [-0.25, -0.2) is 0 Å². The number of amides is 1. The molecule has 1 atom stereocenters. The van der Waals surface area contributed by atoms with E-state index in [1.807, 2.05) is 76.2 Å². The van der Waals surface area contributed by atoms with Crippen molar-refractivity contribution in [2.45, 2.75) is 46.3 Å². The molecule has 2 aromatic rings. The Balaban J connectivity index is 2.05. The second kappa shape index (κ2) is 8.39. The smallest absolute Gasteiger partial charge is 0.265 e. The normalized spacial score (nSPS) is 11.9. The first-order valence-corrected chi connectivity index (χ1v) is 8.29. The van der Waals surface area contributed by atoms with E-state index in [-0.39, 0.29) is 12.0 Å². The van der Waals surface area contributed by atoms with Gasteiger partial charge in [-0.05, 0) is 51.0 Å². The average Bonchev–Trinajstić information content (AvgIpc) is 2.53. The Morgan fingerprint density at radius 1 is 1.08 bits per heavy atom. The van der Waals surface area contributed by atoms with E-state index in [9.17, 15) is 4.79 Å². The van der Waals surface area contributed by atoms with Crippen LogP contribution in [0.4, 0.5) is 5.69 Å². The summed E-state index contributed by atoms with van der Waals surface area (Å²) in [5.74, 6) is 1.30. The van der Waals surface area contributed by atoms with Crippen LogP contribution in [0.15, 0.2) is 48.5 Å². The van der Waals surface area contributed by atoms with Crippen molar-refractivity contribution < 1.29 is 14.3 Å². The van der Waals surface area contributed by atoms with Crippen LogP contribution in [-0.2, 0) is 4.79 Å². The lowest BCUT2D eigenvalue weighted by molar-refractivity contribution is -0.122. The molecule has 0 saturated heterocycles. The van der Waals surface area contributed by atoms with Gasteiger partial charge in [0.05, 0.1) is 6.10 Å². The summed E-state index contributed by atoms with van der Waals surface area (Å²) in [6.07, 6.45) is 0.132. The maximum absolute atomic E-state index is 12.5. The molecule has 0 fully saturated rings. The quantitative estimate of drug-likeness (QED) is 0.810. The van der Waals surface area contributed by atoms with Gasteiger partial charge in [0.1, 0.15) is 11.5 Å². The monoisotopic (exact) mass is 327 g/mol. The highest BCUT2D eigenvalue weighted by Crippen LogP contribution is 2.21.